The van der Waals surface area contributed by atoms with Crippen molar-refractivity contribution < 1.29 is 13.7 Å². The van der Waals surface area contributed by atoms with Crippen LogP contribution in [-0.2, 0) is 6.42 Å². The van der Waals surface area contributed by atoms with Gasteiger partial charge in [-0.3, -0.25) is 0 Å². The molecule has 0 saturated carbocycles. The van der Waals surface area contributed by atoms with E-state index >= 15 is 0 Å². The number of urea groups is 1. The smallest absolute Gasteiger partial charge is 0.321 e. The first-order chi connectivity index (χ1) is 14.5. The highest BCUT2D eigenvalue weighted by Crippen LogP contribution is 2.26. The van der Waals surface area contributed by atoms with Gasteiger partial charge in [-0.25, -0.2) is 9.18 Å². The molecule has 3 aromatic rings. The highest BCUT2D eigenvalue weighted by molar-refractivity contribution is 6.42. The number of carbonyl (C=O) groups is 1. The Morgan fingerprint density at radius 1 is 1.23 bits per heavy atom. The lowest BCUT2D eigenvalue weighted by Gasteiger charge is -2.32. The molecule has 1 atom stereocenters. The Balaban J connectivity index is 1.38. The number of anilines is 1. The lowest BCUT2D eigenvalue weighted by molar-refractivity contribution is 0.173. The summed E-state index contributed by atoms with van der Waals surface area (Å²) in [5.74, 6) is 0.443. The highest BCUT2D eigenvalue weighted by Gasteiger charge is 2.26. The van der Waals surface area contributed by atoms with E-state index in [0.29, 0.717) is 46.7 Å². The number of hydrogen-bond acceptors (Lipinski definition) is 4. The van der Waals surface area contributed by atoms with Crippen LogP contribution in [0.25, 0.3) is 11.4 Å². The zero-order chi connectivity index (χ0) is 21.1. The third-order valence-corrected chi connectivity index (χ3v) is 5.76. The summed E-state index contributed by atoms with van der Waals surface area (Å²) >= 11 is 11.9. The molecule has 6 nitrogen and oxygen atoms in total. The summed E-state index contributed by atoms with van der Waals surface area (Å²) in [6, 6.07) is 11.1. The minimum atomic E-state index is -0.396. The normalized spacial score (nSPS) is 16.5. The van der Waals surface area contributed by atoms with E-state index in [9.17, 15) is 9.18 Å². The maximum atomic E-state index is 13.9. The van der Waals surface area contributed by atoms with E-state index in [0.717, 1.165) is 12.8 Å². The molecule has 2 aromatic carbocycles. The molecule has 2 heterocycles. The van der Waals surface area contributed by atoms with Crippen molar-refractivity contribution in [2.45, 2.75) is 19.3 Å². The van der Waals surface area contributed by atoms with E-state index in [1.807, 2.05) is 0 Å². The van der Waals surface area contributed by atoms with Crippen LogP contribution in [0, 0.1) is 11.7 Å². The molecule has 1 unspecified atom stereocenters. The monoisotopic (exact) mass is 448 g/mol. The van der Waals surface area contributed by atoms with Crippen molar-refractivity contribution in [3.05, 3.63) is 64.2 Å². The van der Waals surface area contributed by atoms with Gasteiger partial charge < -0.3 is 14.7 Å². The van der Waals surface area contributed by atoms with Crippen molar-refractivity contribution in [2.75, 3.05) is 18.4 Å². The molecule has 156 valence electrons. The third-order valence-electron chi connectivity index (χ3n) is 5.02. The van der Waals surface area contributed by atoms with E-state index in [-0.39, 0.29) is 17.8 Å². The van der Waals surface area contributed by atoms with Crippen molar-refractivity contribution in [3.8, 4) is 11.4 Å². The molecular weight excluding hydrogens is 430 g/mol. The van der Waals surface area contributed by atoms with E-state index < -0.39 is 5.82 Å². The van der Waals surface area contributed by atoms with Crippen LogP contribution < -0.4 is 5.32 Å². The third kappa shape index (κ3) is 4.74. The second kappa shape index (κ2) is 9.02. The topological polar surface area (TPSA) is 71.3 Å². The molecule has 0 spiro atoms. The molecule has 0 bridgehead atoms. The van der Waals surface area contributed by atoms with Crippen LogP contribution in [-0.4, -0.2) is 34.2 Å². The average molecular weight is 449 g/mol. The number of benzene rings is 2. The Kier molecular flexibility index (Phi) is 6.20. The second-order valence-electron chi connectivity index (χ2n) is 7.21. The van der Waals surface area contributed by atoms with Gasteiger partial charge in [-0.15, -0.1) is 0 Å². The molecule has 1 N–H and O–H groups in total. The largest absolute Gasteiger partial charge is 0.339 e. The molecule has 2 amide bonds. The first kappa shape index (κ1) is 20.6. The Morgan fingerprint density at radius 2 is 2.07 bits per heavy atom. The summed E-state index contributed by atoms with van der Waals surface area (Å²) in [7, 11) is 0. The van der Waals surface area contributed by atoms with Crippen LogP contribution in [0.15, 0.2) is 47.0 Å². The van der Waals surface area contributed by atoms with Crippen LogP contribution in [0.5, 0.6) is 0 Å². The summed E-state index contributed by atoms with van der Waals surface area (Å²) in [6.45, 7) is 1.22. The molecule has 30 heavy (non-hydrogen) atoms. The molecule has 1 aliphatic heterocycles. The Morgan fingerprint density at radius 3 is 2.87 bits per heavy atom. The maximum Gasteiger partial charge on any atom is 0.321 e. The number of carbonyl (C=O) groups excluding carboxylic acids is 1. The summed E-state index contributed by atoms with van der Waals surface area (Å²) in [4.78, 5) is 18.7. The Hall–Kier alpha value is -2.64. The number of piperidine rings is 1. The van der Waals surface area contributed by atoms with Gasteiger partial charge in [0.2, 0.25) is 11.7 Å². The number of nitrogens with one attached hydrogen (secondary N) is 1. The number of halogens is 3. The first-order valence-electron chi connectivity index (χ1n) is 9.58. The van der Waals surface area contributed by atoms with E-state index in [4.69, 9.17) is 27.7 Å². The van der Waals surface area contributed by atoms with Crippen molar-refractivity contribution in [1.82, 2.24) is 15.0 Å². The number of likely N-dealkylation sites (tertiary alicyclic amines) is 1. The SMILES string of the molecule is O=C(Nc1ccc(Cl)c(Cl)c1)N1CCCC(Cc2nc(-c3ccccc3F)no2)C1. The zero-order valence-corrected chi connectivity index (χ0v) is 17.5. The summed E-state index contributed by atoms with van der Waals surface area (Å²) in [5, 5.41) is 7.56. The number of amides is 2. The Bertz CT molecular complexity index is 1060. The average Bonchev–Trinajstić information content (AvgIpc) is 3.19. The van der Waals surface area contributed by atoms with Gasteiger partial charge in [-0.05, 0) is 49.1 Å². The molecule has 0 aliphatic carbocycles. The van der Waals surface area contributed by atoms with Gasteiger partial charge in [0, 0.05) is 25.2 Å². The van der Waals surface area contributed by atoms with Gasteiger partial charge >= 0.3 is 6.03 Å². The predicted molar refractivity (Wildman–Crippen MR) is 113 cm³/mol. The fourth-order valence-corrected chi connectivity index (χ4v) is 3.83. The number of nitrogens with zero attached hydrogens (tertiary/aromatic N) is 3. The van der Waals surface area contributed by atoms with Crippen molar-refractivity contribution in [2.24, 2.45) is 5.92 Å². The van der Waals surface area contributed by atoms with Gasteiger partial charge in [0.25, 0.3) is 0 Å². The first-order valence-corrected chi connectivity index (χ1v) is 10.3. The lowest BCUT2D eigenvalue weighted by atomic mass is 9.95. The molecule has 0 radical (unpaired) electrons. The predicted octanol–water partition coefficient (Wildman–Crippen LogP) is 5.67. The molecular formula is C21H19Cl2FN4O2. The minimum Gasteiger partial charge on any atom is -0.339 e. The van der Waals surface area contributed by atoms with Crippen LogP contribution in [0.2, 0.25) is 10.0 Å². The number of rotatable bonds is 4. The standard InChI is InChI=1S/C21H19Cl2FN4O2/c22-16-8-7-14(11-17(16)23)25-21(29)28-9-3-4-13(12-28)10-19-26-20(27-30-19)15-5-1-2-6-18(15)24/h1-2,5-8,11,13H,3-4,9-10,12H2,(H,25,29). The molecule has 1 fully saturated rings. The zero-order valence-electron chi connectivity index (χ0n) is 15.9. The van der Waals surface area contributed by atoms with Crippen LogP contribution in [0.3, 0.4) is 0 Å². The van der Waals surface area contributed by atoms with Gasteiger partial charge in [0.05, 0.1) is 15.6 Å². The molecule has 1 aliphatic rings. The van der Waals surface area contributed by atoms with Crippen molar-refractivity contribution in [3.63, 3.8) is 0 Å². The lowest BCUT2D eigenvalue weighted by Crippen LogP contribution is -2.42. The van der Waals surface area contributed by atoms with Crippen LogP contribution >= 0.6 is 23.2 Å². The highest BCUT2D eigenvalue weighted by atomic mass is 35.5. The maximum absolute atomic E-state index is 13.9. The van der Waals surface area contributed by atoms with E-state index in [1.165, 1.54) is 6.07 Å². The summed E-state index contributed by atoms with van der Waals surface area (Å²) < 4.78 is 19.2. The van der Waals surface area contributed by atoms with Gasteiger partial charge in [-0.2, -0.15) is 4.98 Å². The van der Waals surface area contributed by atoms with Crippen molar-refractivity contribution in [1.29, 1.82) is 0 Å². The number of aromatic nitrogens is 2. The van der Waals surface area contributed by atoms with E-state index in [2.05, 4.69) is 15.5 Å². The minimum absolute atomic E-state index is 0.173. The molecule has 4 rings (SSSR count). The molecule has 1 aromatic heterocycles. The van der Waals surface area contributed by atoms with Gasteiger partial charge in [0.15, 0.2) is 0 Å². The van der Waals surface area contributed by atoms with Crippen LogP contribution in [0.4, 0.5) is 14.9 Å². The Labute approximate surface area is 183 Å². The van der Waals surface area contributed by atoms with Crippen LogP contribution in [0.1, 0.15) is 18.7 Å². The quantitative estimate of drug-likeness (QED) is 0.557. The number of hydrogen-bond donors (Lipinski definition) is 1. The van der Waals surface area contributed by atoms with Gasteiger partial charge in [-0.1, -0.05) is 40.5 Å². The van der Waals surface area contributed by atoms with E-state index in [1.54, 1.807) is 41.3 Å². The molecule has 1 saturated heterocycles. The fraction of sp³-hybridized carbons (Fsp3) is 0.286. The van der Waals surface area contributed by atoms with Gasteiger partial charge in [0.1, 0.15) is 5.82 Å². The fourth-order valence-electron chi connectivity index (χ4n) is 3.53. The second-order valence-corrected chi connectivity index (χ2v) is 8.02. The summed E-state index contributed by atoms with van der Waals surface area (Å²) in [5.41, 5.74) is 0.890. The summed E-state index contributed by atoms with van der Waals surface area (Å²) in [6.07, 6.45) is 2.33. The van der Waals surface area contributed by atoms with Crippen molar-refractivity contribution >= 4 is 34.9 Å². The molecule has 9 heteroatoms.